The number of carboxylic acids is 1. The van der Waals surface area contributed by atoms with Gasteiger partial charge in [0.1, 0.15) is 6.34 Å². The van der Waals surface area contributed by atoms with Gasteiger partial charge in [-0.25, -0.2) is 36.8 Å². The summed E-state index contributed by atoms with van der Waals surface area (Å²) in [4.78, 5) is 14.4. The summed E-state index contributed by atoms with van der Waals surface area (Å²) in [6, 6.07) is 10.1. The number of nitrogens with two attached hydrogens (primary N) is 1. The van der Waals surface area contributed by atoms with E-state index in [0.29, 0.717) is 0 Å². The number of hydrogen-bond donors (Lipinski definition) is 4. The van der Waals surface area contributed by atoms with Crippen LogP contribution >= 0.6 is 0 Å². The molecule has 0 heterocycles. The molecule has 0 fully saturated rings. The van der Waals surface area contributed by atoms with Crippen LogP contribution in [0.15, 0.2) is 58.4 Å². The van der Waals surface area contributed by atoms with Gasteiger partial charge in [-0.1, -0.05) is 18.2 Å². The maximum atomic E-state index is 14.7. The van der Waals surface area contributed by atoms with E-state index in [2.05, 4.69) is 15.1 Å². The molecule has 0 aliphatic rings. The Labute approximate surface area is 197 Å². The van der Waals surface area contributed by atoms with E-state index < -0.39 is 63.2 Å². The number of hydrazine groups is 1. The van der Waals surface area contributed by atoms with Gasteiger partial charge in [-0.05, 0) is 42.3 Å². The van der Waals surface area contributed by atoms with Crippen LogP contribution in [0.3, 0.4) is 0 Å². The first-order chi connectivity index (χ1) is 16.5. The minimum atomic E-state index is -4.19. The molecule has 0 amide bonds. The summed E-state index contributed by atoms with van der Waals surface area (Å²) in [6.07, 6.45) is -0.360. The Morgan fingerprint density at radius 1 is 1.00 bits per heavy atom. The molecule has 0 unspecified atom stereocenters. The van der Waals surface area contributed by atoms with E-state index in [4.69, 9.17) is 10.9 Å². The highest BCUT2D eigenvalue weighted by molar-refractivity contribution is 7.92. The molecule has 0 saturated heterocycles. The molecule has 0 spiro atoms. The lowest BCUT2D eigenvalue weighted by atomic mass is 9.98. The average molecular weight is 510 g/mol. The van der Waals surface area contributed by atoms with Crippen molar-refractivity contribution in [3.05, 3.63) is 77.4 Å². The van der Waals surface area contributed by atoms with Gasteiger partial charge >= 0.3 is 5.97 Å². The second kappa shape index (κ2) is 10.5. The number of halogens is 4. The maximum Gasteiger partial charge on any atom is 0.303 e. The fourth-order valence-electron chi connectivity index (χ4n) is 3.18. The van der Waals surface area contributed by atoms with Crippen molar-refractivity contribution in [3.8, 4) is 11.1 Å². The van der Waals surface area contributed by atoms with Crippen molar-refractivity contribution in [2.75, 3.05) is 4.72 Å². The molecule has 0 saturated carbocycles. The molecule has 0 aliphatic heterocycles. The van der Waals surface area contributed by atoms with Crippen molar-refractivity contribution in [1.82, 2.24) is 5.43 Å². The minimum absolute atomic E-state index is 0.144. The number of benzene rings is 3. The zero-order chi connectivity index (χ0) is 25.8. The first-order valence-corrected chi connectivity index (χ1v) is 11.3. The number of hydrogen-bond acceptors (Lipinski definition) is 5. The number of aliphatic imine (C=N–C) groups is 1. The predicted molar refractivity (Wildman–Crippen MR) is 120 cm³/mol. The Kier molecular flexibility index (Phi) is 7.71. The van der Waals surface area contributed by atoms with Crippen molar-refractivity contribution >= 4 is 33.7 Å². The molecule has 0 atom stereocenters. The monoisotopic (exact) mass is 510 g/mol. The summed E-state index contributed by atoms with van der Waals surface area (Å²) >= 11 is 0. The summed E-state index contributed by atoms with van der Waals surface area (Å²) in [6.45, 7) is 0. The van der Waals surface area contributed by atoms with Gasteiger partial charge < -0.3 is 10.5 Å². The van der Waals surface area contributed by atoms with Crippen molar-refractivity contribution in [2.24, 2.45) is 10.8 Å². The highest BCUT2D eigenvalue weighted by Crippen LogP contribution is 2.34. The van der Waals surface area contributed by atoms with Crippen LogP contribution in [0.25, 0.3) is 11.1 Å². The molecule has 0 radical (unpaired) electrons. The quantitative estimate of drug-likeness (QED) is 0.0863. The first-order valence-electron chi connectivity index (χ1n) is 9.83. The number of rotatable bonds is 9. The molecule has 3 aromatic carbocycles. The molecule has 0 aliphatic carbocycles. The molecule has 13 heteroatoms. The zero-order valence-corrected chi connectivity index (χ0v) is 18.5. The minimum Gasteiger partial charge on any atom is -0.481 e. The topological polar surface area (TPSA) is 134 Å². The smallest absolute Gasteiger partial charge is 0.303 e. The van der Waals surface area contributed by atoms with Crippen LogP contribution in [0.1, 0.15) is 12.0 Å². The number of carbonyl (C=O) groups is 1. The number of aliphatic carboxylic acids is 1. The predicted octanol–water partition coefficient (Wildman–Crippen LogP) is 3.85. The largest absolute Gasteiger partial charge is 0.481 e. The second-order valence-electron chi connectivity index (χ2n) is 7.11. The van der Waals surface area contributed by atoms with Crippen molar-refractivity contribution in [1.29, 1.82) is 0 Å². The van der Waals surface area contributed by atoms with Gasteiger partial charge in [0.05, 0.1) is 16.1 Å². The van der Waals surface area contributed by atoms with Gasteiger partial charge in [0.2, 0.25) is 0 Å². The van der Waals surface area contributed by atoms with Gasteiger partial charge in [0.25, 0.3) is 10.0 Å². The number of carboxylic acid groups (broad SMARTS) is 1. The average Bonchev–Trinajstić information content (AvgIpc) is 2.81. The van der Waals surface area contributed by atoms with Crippen LogP contribution < -0.4 is 16.0 Å². The van der Waals surface area contributed by atoms with Crippen molar-refractivity contribution < 1.29 is 35.9 Å². The van der Waals surface area contributed by atoms with E-state index in [9.17, 15) is 30.8 Å². The Bertz CT molecular complexity index is 1390. The zero-order valence-electron chi connectivity index (χ0n) is 17.7. The summed E-state index contributed by atoms with van der Waals surface area (Å²) in [5.41, 5.74) is -0.159. The number of sulfonamides is 1. The Morgan fingerprint density at radius 2 is 1.66 bits per heavy atom. The molecule has 5 N–H and O–H groups in total. The van der Waals surface area contributed by atoms with Gasteiger partial charge in [0, 0.05) is 17.7 Å². The van der Waals surface area contributed by atoms with E-state index in [1.165, 1.54) is 36.4 Å². The molecule has 35 heavy (non-hydrogen) atoms. The summed E-state index contributed by atoms with van der Waals surface area (Å²) in [5.74, 6) is -3.23. The Hall–Kier alpha value is -3.97. The summed E-state index contributed by atoms with van der Waals surface area (Å²) < 4.78 is 86.1. The normalized spacial score (nSPS) is 11.6. The van der Waals surface area contributed by atoms with Gasteiger partial charge in [-0.2, -0.15) is 0 Å². The highest BCUT2D eigenvalue weighted by atomic mass is 32.2. The van der Waals surface area contributed by atoms with E-state index in [-0.39, 0.29) is 21.8 Å². The molecule has 8 nitrogen and oxygen atoms in total. The molecular formula is C22H18F4N4O4S. The third kappa shape index (κ3) is 5.75. The first kappa shape index (κ1) is 25.6. The van der Waals surface area contributed by atoms with Crippen LogP contribution in [0.4, 0.5) is 28.9 Å². The summed E-state index contributed by atoms with van der Waals surface area (Å²) in [7, 11) is -4.19. The lowest BCUT2D eigenvalue weighted by Gasteiger charge is -2.14. The number of nitrogens with zero attached hydrogens (tertiary/aromatic N) is 1. The van der Waals surface area contributed by atoms with Gasteiger partial charge in [0.15, 0.2) is 23.3 Å². The number of nitrogens with one attached hydrogen (secondary N) is 2. The van der Waals surface area contributed by atoms with Crippen LogP contribution in [-0.2, 0) is 21.2 Å². The van der Waals surface area contributed by atoms with Gasteiger partial charge in [-0.3, -0.25) is 9.52 Å². The van der Waals surface area contributed by atoms with Crippen LogP contribution in [0, 0.1) is 23.3 Å². The number of anilines is 1. The SMILES string of the molecule is NNC=Nc1cccc(S(=O)(=O)Nc2cccc(-c3c(F)c(F)c(CCC(=O)O)c(F)c3F)c2)c1. The molecule has 3 aromatic rings. The third-order valence-corrected chi connectivity index (χ3v) is 6.14. The van der Waals surface area contributed by atoms with E-state index in [1.54, 1.807) is 0 Å². The summed E-state index contributed by atoms with van der Waals surface area (Å²) in [5, 5.41) is 8.68. The van der Waals surface area contributed by atoms with Crippen LogP contribution in [0.2, 0.25) is 0 Å². The fraction of sp³-hybridized carbons (Fsp3) is 0.0909. The Balaban J connectivity index is 1.98. The molecule has 3 rings (SSSR count). The molecule has 0 aromatic heterocycles. The van der Waals surface area contributed by atoms with E-state index >= 15 is 0 Å². The van der Waals surface area contributed by atoms with Crippen molar-refractivity contribution in [2.45, 2.75) is 17.7 Å². The molecular weight excluding hydrogens is 492 g/mol. The maximum absolute atomic E-state index is 14.7. The van der Waals surface area contributed by atoms with E-state index in [1.807, 2.05) is 0 Å². The lowest BCUT2D eigenvalue weighted by molar-refractivity contribution is -0.136. The molecule has 0 bridgehead atoms. The van der Waals surface area contributed by atoms with Crippen LogP contribution in [-0.4, -0.2) is 25.8 Å². The Morgan fingerprint density at radius 3 is 2.29 bits per heavy atom. The molecule has 184 valence electrons. The highest BCUT2D eigenvalue weighted by Gasteiger charge is 2.27. The van der Waals surface area contributed by atoms with Crippen LogP contribution in [0.5, 0.6) is 0 Å². The fourth-order valence-corrected chi connectivity index (χ4v) is 4.27. The standard InChI is InChI=1S/C22H18F4N4O4S/c23-19-16(7-8-17(31)32)20(24)22(26)18(21(19)25)12-3-1-5-14(9-12)30-35(33,34)15-6-2-4-13(10-15)28-11-29-27/h1-6,9-11,30H,7-8,27H2,(H,28,29)(H,31,32). The van der Waals surface area contributed by atoms with Crippen molar-refractivity contribution in [3.63, 3.8) is 0 Å². The van der Waals surface area contributed by atoms with E-state index in [0.717, 1.165) is 18.5 Å². The second-order valence-corrected chi connectivity index (χ2v) is 8.79. The van der Waals surface area contributed by atoms with Gasteiger partial charge in [-0.15, -0.1) is 0 Å². The lowest BCUT2D eigenvalue weighted by Crippen LogP contribution is -2.18. The third-order valence-electron chi connectivity index (χ3n) is 4.76.